The maximum atomic E-state index is 10.4. The van der Waals surface area contributed by atoms with Gasteiger partial charge in [0.1, 0.15) is 6.04 Å². The first-order chi connectivity index (χ1) is 5.13. The van der Waals surface area contributed by atoms with Crippen LogP contribution in [0.2, 0.25) is 0 Å². The summed E-state index contributed by atoms with van der Waals surface area (Å²) in [6, 6.07) is -0.918. The summed E-state index contributed by atoms with van der Waals surface area (Å²) < 4.78 is 0. The first-order valence-corrected chi connectivity index (χ1v) is 3.41. The second kappa shape index (κ2) is 5.06. The van der Waals surface area contributed by atoms with Gasteiger partial charge in [-0.1, -0.05) is 0 Å². The summed E-state index contributed by atoms with van der Waals surface area (Å²) in [4.78, 5) is 10.4. The lowest BCUT2D eigenvalue weighted by atomic mass is 10.1. The molecule has 0 amide bonds. The summed E-state index contributed by atoms with van der Waals surface area (Å²) in [6.45, 7) is 0.284. The lowest BCUT2D eigenvalue weighted by molar-refractivity contribution is -0.142. The fourth-order valence-corrected chi connectivity index (χ4v) is 0.818. The fourth-order valence-electron chi connectivity index (χ4n) is 0.818. The second-order valence-electron chi connectivity index (χ2n) is 2.25. The van der Waals surface area contributed by atoms with Crippen LogP contribution in [0, 0.1) is 0 Å². The number of nitrogens with two attached hydrogens (primary N) is 1. The van der Waals surface area contributed by atoms with E-state index in [-0.39, 0.29) is 13.0 Å². The average molecular weight is 162 g/mol. The maximum Gasteiger partial charge on any atom is 0.323 e. The monoisotopic (exact) mass is 162 g/mol. The zero-order valence-electron chi connectivity index (χ0n) is 6.45. The van der Waals surface area contributed by atoms with E-state index in [2.05, 4.69) is 5.32 Å². The van der Waals surface area contributed by atoms with Gasteiger partial charge in [-0.2, -0.15) is 0 Å². The highest BCUT2D eigenvalue weighted by Gasteiger charge is 2.23. The molecule has 0 heterocycles. The van der Waals surface area contributed by atoms with Crippen molar-refractivity contribution in [3.8, 4) is 0 Å². The number of hydrogen-bond donors (Lipinski definition) is 4. The Hall–Kier alpha value is -0.650. The number of hydrogen-bond acceptors (Lipinski definition) is 4. The predicted molar refractivity (Wildman–Crippen MR) is 40.2 cm³/mol. The molecule has 11 heavy (non-hydrogen) atoms. The van der Waals surface area contributed by atoms with Gasteiger partial charge in [0, 0.05) is 0 Å². The number of aliphatic carboxylic acids is 1. The lowest BCUT2D eigenvalue weighted by Crippen LogP contribution is -2.44. The minimum absolute atomic E-state index is 0.284. The van der Waals surface area contributed by atoms with Gasteiger partial charge in [0.05, 0.1) is 6.10 Å². The topological polar surface area (TPSA) is 95.6 Å². The highest BCUT2D eigenvalue weighted by molar-refractivity contribution is 5.74. The zero-order valence-corrected chi connectivity index (χ0v) is 6.45. The summed E-state index contributed by atoms with van der Waals surface area (Å²) in [5.74, 6) is -1.06. The summed E-state index contributed by atoms with van der Waals surface area (Å²) in [6.07, 6.45) is -0.625. The Labute approximate surface area is 65.2 Å². The Bertz CT molecular complexity index is 129. The zero-order chi connectivity index (χ0) is 8.85. The first kappa shape index (κ1) is 10.3. The Kier molecular flexibility index (Phi) is 4.76. The van der Waals surface area contributed by atoms with Gasteiger partial charge >= 0.3 is 5.97 Å². The number of rotatable bonds is 5. The Morgan fingerprint density at radius 1 is 1.73 bits per heavy atom. The Morgan fingerprint density at radius 2 is 2.27 bits per heavy atom. The van der Waals surface area contributed by atoms with E-state index in [1.54, 1.807) is 0 Å². The molecular formula is C6H14N2O3. The highest BCUT2D eigenvalue weighted by Crippen LogP contribution is 1.97. The largest absolute Gasteiger partial charge is 0.480 e. The van der Waals surface area contributed by atoms with Crippen LogP contribution in [0.15, 0.2) is 0 Å². The molecule has 0 fully saturated rings. The van der Waals surface area contributed by atoms with Crippen molar-refractivity contribution in [2.24, 2.45) is 5.73 Å². The molecule has 0 aromatic rings. The van der Waals surface area contributed by atoms with Gasteiger partial charge in [-0.05, 0) is 20.0 Å². The first-order valence-electron chi connectivity index (χ1n) is 3.41. The Balaban J connectivity index is 3.91. The number of carboxylic acids is 1. The molecule has 0 spiro atoms. The van der Waals surface area contributed by atoms with Gasteiger partial charge in [-0.3, -0.25) is 4.79 Å². The van der Waals surface area contributed by atoms with E-state index in [1.807, 2.05) is 0 Å². The number of carboxylic acid groups (broad SMARTS) is 1. The minimum atomic E-state index is -1.06. The molecule has 0 aliphatic rings. The van der Waals surface area contributed by atoms with Crippen LogP contribution in [0.4, 0.5) is 0 Å². The van der Waals surface area contributed by atoms with Gasteiger partial charge in [0.15, 0.2) is 0 Å². The van der Waals surface area contributed by atoms with Gasteiger partial charge in [-0.15, -0.1) is 0 Å². The SMILES string of the molecule is CN[C@H](C(=O)O)[C@@H](O)CCN. The van der Waals surface area contributed by atoms with Gasteiger partial charge in [-0.25, -0.2) is 0 Å². The summed E-state index contributed by atoms with van der Waals surface area (Å²) in [7, 11) is 1.48. The molecule has 0 rings (SSSR count). The van der Waals surface area contributed by atoms with Crippen LogP contribution in [0.1, 0.15) is 6.42 Å². The molecule has 5 nitrogen and oxygen atoms in total. The average Bonchev–Trinajstić information content (AvgIpc) is 1.88. The summed E-state index contributed by atoms with van der Waals surface area (Å²) in [5.41, 5.74) is 5.14. The lowest BCUT2D eigenvalue weighted by Gasteiger charge is -2.16. The number of aliphatic hydroxyl groups excluding tert-OH is 1. The van der Waals surface area contributed by atoms with Crippen LogP contribution in [0.25, 0.3) is 0 Å². The normalized spacial score (nSPS) is 15.9. The molecule has 0 aliphatic heterocycles. The summed E-state index contributed by atoms with van der Waals surface area (Å²) in [5, 5.41) is 20.1. The Morgan fingerprint density at radius 3 is 2.55 bits per heavy atom. The van der Waals surface area contributed by atoms with Crippen LogP contribution in [0.5, 0.6) is 0 Å². The number of aliphatic hydroxyl groups is 1. The van der Waals surface area contributed by atoms with Crippen molar-refractivity contribution >= 4 is 5.97 Å². The third-order valence-corrected chi connectivity index (χ3v) is 1.42. The van der Waals surface area contributed by atoms with E-state index >= 15 is 0 Å². The number of likely N-dealkylation sites (N-methyl/N-ethyl adjacent to an activating group) is 1. The van der Waals surface area contributed by atoms with E-state index in [1.165, 1.54) is 7.05 Å². The predicted octanol–water partition coefficient (Wildman–Crippen LogP) is -1.63. The third-order valence-electron chi connectivity index (χ3n) is 1.42. The number of nitrogens with one attached hydrogen (secondary N) is 1. The number of carbonyl (C=O) groups is 1. The minimum Gasteiger partial charge on any atom is -0.480 e. The van der Waals surface area contributed by atoms with Crippen LogP contribution in [-0.4, -0.2) is 41.9 Å². The van der Waals surface area contributed by atoms with Crippen molar-refractivity contribution in [2.75, 3.05) is 13.6 Å². The maximum absolute atomic E-state index is 10.4. The third kappa shape index (κ3) is 3.31. The molecule has 0 aliphatic carbocycles. The van der Waals surface area contributed by atoms with Crippen molar-refractivity contribution in [3.05, 3.63) is 0 Å². The van der Waals surface area contributed by atoms with E-state index < -0.39 is 18.1 Å². The molecule has 0 radical (unpaired) electrons. The van der Waals surface area contributed by atoms with Crippen molar-refractivity contribution in [1.29, 1.82) is 0 Å². The van der Waals surface area contributed by atoms with Gasteiger partial charge in [0.2, 0.25) is 0 Å². The van der Waals surface area contributed by atoms with E-state index in [4.69, 9.17) is 15.9 Å². The quantitative estimate of drug-likeness (QED) is 0.389. The molecule has 0 unspecified atom stereocenters. The van der Waals surface area contributed by atoms with Crippen molar-refractivity contribution in [1.82, 2.24) is 5.32 Å². The van der Waals surface area contributed by atoms with E-state index in [9.17, 15) is 4.79 Å². The van der Waals surface area contributed by atoms with Crippen LogP contribution < -0.4 is 11.1 Å². The molecular weight excluding hydrogens is 148 g/mol. The molecule has 5 N–H and O–H groups in total. The van der Waals surface area contributed by atoms with Crippen LogP contribution in [0.3, 0.4) is 0 Å². The van der Waals surface area contributed by atoms with Crippen molar-refractivity contribution < 1.29 is 15.0 Å². The van der Waals surface area contributed by atoms with E-state index in [0.29, 0.717) is 0 Å². The molecule has 0 aromatic carbocycles. The summed E-state index contributed by atoms with van der Waals surface area (Å²) >= 11 is 0. The second-order valence-corrected chi connectivity index (χ2v) is 2.25. The fraction of sp³-hybridized carbons (Fsp3) is 0.833. The van der Waals surface area contributed by atoms with E-state index in [0.717, 1.165) is 0 Å². The molecule has 0 saturated heterocycles. The van der Waals surface area contributed by atoms with Crippen LogP contribution >= 0.6 is 0 Å². The van der Waals surface area contributed by atoms with Crippen LogP contribution in [-0.2, 0) is 4.79 Å². The molecule has 0 bridgehead atoms. The molecule has 5 heteroatoms. The molecule has 2 atom stereocenters. The van der Waals surface area contributed by atoms with Gasteiger partial charge in [0.25, 0.3) is 0 Å². The molecule has 66 valence electrons. The molecule has 0 saturated carbocycles. The van der Waals surface area contributed by atoms with Gasteiger partial charge < -0.3 is 21.3 Å². The standard InChI is InChI=1S/C6H14N2O3/c1-8-5(6(10)11)4(9)2-3-7/h4-5,8-9H,2-3,7H2,1H3,(H,10,11)/t4-,5-/m0/s1. The van der Waals surface area contributed by atoms with Crippen molar-refractivity contribution in [2.45, 2.75) is 18.6 Å². The molecule has 0 aromatic heterocycles. The van der Waals surface area contributed by atoms with Crippen molar-refractivity contribution in [3.63, 3.8) is 0 Å². The smallest absolute Gasteiger partial charge is 0.323 e. The highest BCUT2D eigenvalue weighted by atomic mass is 16.4.